The van der Waals surface area contributed by atoms with Gasteiger partial charge in [0.1, 0.15) is 34.3 Å². The average molecular weight is 430 g/mol. The van der Waals surface area contributed by atoms with Gasteiger partial charge >= 0.3 is 0 Å². The minimum absolute atomic E-state index is 0.0577. The van der Waals surface area contributed by atoms with E-state index in [1.54, 1.807) is 6.92 Å². The standard InChI is InChI=1S/C22H22O9/c1-9-21(27)14(26)8-17(30-9)19-13(25)7-18-20(22(19)28)12(24)6-15(31-18)10-3-4-11(23)16(5-10)29-2/h3-7,9,14,17,21,23,25-28H,8H2,1-2H3/t9-,14+,17-,21+/m1/s1. The van der Waals surface area contributed by atoms with Gasteiger partial charge in [0, 0.05) is 24.1 Å². The van der Waals surface area contributed by atoms with Crippen LogP contribution in [0, 0.1) is 0 Å². The third-order valence-electron chi connectivity index (χ3n) is 5.51. The van der Waals surface area contributed by atoms with Gasteiger partial charge in [-0.05, 0) is 25.1 Å². The number of ether oxygens (including phenoxy) is 2. The van der Waals surface area contributed by atoms with Crippen LogP contribution < -0.4 is 10.2 Å². The Labute approximate surface area is 176 Å². The Morgan fingerprint density at radius 2 is 1.81 bits per heavy atom. The second-order valence-electron chi connectivity index (χ2n) is 7.52. The number of benzene rings is 2. The van der Waals surface area contributed by atoms with Crippen LogP contribution in [0.4, 0.5) is 0 Å². The smallest absolute Gasteiger partial charge is 0.197 e. The maximum absolute atomic E-state index is 12.8. The van der Waals surface area contributed by atoms with Crippen molar-refractivity contribution in [2.45, 2.75) is 37.8 Å². The van der Waals surface area contributed by atoms with Gasteiger partial charge in [0.2, 0.25) is 0 Å². The number of aliphatic hydroxyl groups is 2. The molecular weight excluding hydrogens is 408 g/mol. The molecule has 31 heavy (non-hydrogen) atoms. The zero-order chi connectivity index (χ0) is 22.4. The second kappa shape index (κ2) is 7.77. The van der Waals surface area contributed by atoms with Gasteiger partial charge in [-0.25, -0.2) is 0 Å². The molecule has 0 amide bonds. The normalized spacial score (nSPS) is 23.7. The Morgan fingerprint density at radius 3 is 2.48 bits per heavy atom. The summed E-state index contributed by atoms with van der Waals surface area (Å²) in [4.78, 5) is 12.8. The number of aromatic hydroxyl groups is 3. The zero-order valence-electron chi connectivity index (χ0n) is 16.8. The van der Waals surface area contributed by atoms with E-state index in [1.807, 2.05) is 0 Å². The summed E-state index contributed by atoms with van der Waals surface area (Å²) < 4.78 is 16.4. The first-order chi connectivity index (χ1) is 14.7. The van der Waals surface area contributed by atoms with Crippen molar-refractivity contribution in [3.05, 3.63) is 46.1 Å². The lowest BCUT2D eigenvalue weighted by molar-refractivity contribution is -0.164. The molecule has 4 atom stereocenters. The highest BCUT2D eigenvalue weighted by Crippen LogP contribution is 2.44. The van der Waals surface area contributed by atoms with Crippen molar-refractivity contribution >= 4 is 11.0 Å². The largest absolute Gasteiger partial charge is 0.507 e. The summed E-state index contributed by atoms with van der Waals surface area (Å²) in [7, 11) is 1.39. The SMILES string of the molecule is COc1cc(-c2cc(=O)c3c(O)c([C@H]4C[C@H](O)[C@@H](O)[C@@H](C)O4)c(O)cc3o2)ccc1O. The fourth-order valence-corrected chi connectivity index (χ4v) is 3.85. The molecule has 2 heterocycles. The van der Waals surface area contributed by atoms with E-state index in [2.05, 4.69) is 0 Å². The predicted octanol–water partition coefficient (Wildman–Crippen LogP) is 2.16. The predicted molar refractivity (Wildman–Crippen MR) is 109 cm³/mol. The molecule has 5 N–H and O–H groups in total. The van der Waals surface area contributed by atoms with Crippen LogP contribution in [0.5, 0.6) is 23.0 Å². The molecule has 0 saturated carbocycles. The number of phenols is 3. The maximum Gasteiger partial charge on any atom is 0.197 e. The van der Waals surface area contributed by atoms with Crippen molar-refractivity contribution in [3.8, 4) is 34.3 Å². The van der Waals surface area contributed by atoms with E-state index in [9.17, 15) is 30.3 Å². The van der Waals surface area contributed by atoms with E-state index >= 15 is 0 Å². The van der Waals surface area contributed by atoms with Gasteiger partial charge in [-0.1, -0.05) is 0 Å². The minimum atomic E-state index is -1.12. The molecule has 0 radical (unpaired) electrons. The van der Waals surface area contributed by atoms with Gasteiger partial charge in [-0.3, -0.25) is 4.79 Å². The topological polar surface area (TPSA) is 150 Å². The summed E-state index contributed by atoms with van der Waals surface area (Å²) >= 11 is 0. The lowest BCUT2D eigenvalue weighted by atomic mass is 9.92. The number of phenolic OH excluding ortho intramolecular Hbond substituents is 3. The van der Waals surface area contributed by atoms with Crippen molar-refractivity contribution in [2.24, 2.45) is 0 Å². The summed E-state index contributed by atoms with van der Waals surface area (Å²) in [5, 5.41) is 50.9. The molecule has 0 aliphatic carbocycles. The van der Waals surface area contributed by atoms with Crippen LogP contribution in [0.3, 0.4) is 0 Å². The highest BCUT2D eigenvalue weighted by molar-refractivity contribution is 5.88. The molecule has 1 aliphatic rings. The van der Waals surface area contributed by atoms with Gasteiger partial charge in [-0.15, -0.1) is 0 Å². The molecule has 9 nitrogen and oxygen atoms in total. The number of methoxy groups -OCH3 is 1. The van der Waals surface area contributed by atoms with Crippen LogP contribution in [0.2, 0.25) is 0 Å². The fourth-order valence-electron chi connectivity index (χ4n) is 3.85. The van der Waals surface area contributed by atoms with E-state index in [1.165, 1.54) is 37.4 Å². The minimum Gasteiger partial charge on any atom is -0.507 e. The number of hydrogen-bond acceptors (Lipinski definition) is 9. The number of rotatable bonds is 3. The Morgan fingerprint density at radius 1 is 1.06 bits per heavy atom. The van der Waals surface area contributed by atoms with Crippen LogP contribution >= 0.6 is 0 Å². The van der Waals surface area contributed by atoms with Gasteiger partial charge in [0.15, 0.2) is 16.9 Å². The van der Waals surface area contributed by atoms with Crippen molar-refractivity contribution in [3.63, 3.8) is 0 Å². The first kappa shape index (κ1) is 21.0. The first-order valence-electron chi connectivity index (χ1n) is 9.63. The van der Waals surface area contributed by atoms with Crippen LogP contribution in [-0.2, 0) is 4.74 Å². The van der Waals surface area contributed by atoms with Gasteiger partial charge < -0.3 is 39.4 Å². The quantitative estimate of drug-likeness (QED) is 0.421. The van der Waals surface area contributed by atoms with Gasteiger partial charge in [0.25, 0.3) is 0 Å². The zero-order valence-corrected chi connectivity index (χ0v) is 16.8. The molecule has 1 aromatic heterocycles. The monoisotopic (exact) mass is 430 g/mol. The van der Waals surface area contributed by atoms with E-state index in [-0.39, 0.29) is 46.0 Å². The molecule has 0 unspecified atom stereocenters. The lowest BCUT2D eigenvalue weighted by Crippen LogP contribution is -2.43. The molecule has 4 rings (SSSR count). The van der Waals surface area contributed by atoms with Crippen molar-refractivity contribution < 1.29 is 39.4 Å². The number of aliphatic hydroxyl groups excluding tert-OH is 2. The van der Waals surface area contributed by atoms with Crippen molar-refractivity contribution in [1.82, 2.24) is 0 Å². The molecule has 164 valence electrons. The molecule has 1 aliphatic heterocycles. The average Bonchev–Trinajstić information content (AvgIpc) is 2.71. The summed E-state index contributed by atoms with van der Waals surface area (Å²) in [5.41, 5.74) is -0.237. The Kier molecular flexibility index (Phi) is 5.26. The van der Waals surface area contributed by atoms with Crippen LogP contribution in [-0.4, -0.2) is 51.0 Å². The maximum atomic E-state index is 12.8. The van der Waals surface area contributed by atoms with Gasteiger partial charge in [0.05, 0.1) is 31.0 Å². The molecule has 9 heteroatoms. The molecule has 0 spiro atoms. The molecule has 3 aromatic rings. The number of fused-ring (bicyclic) bond motifs is 1. The summed E-state index contributed by atoms with van der Waals surface area (Å²) in [6, 6.07) is 6.77. The van der Waals surface area contributed by atoms with Crippen LogP contribution in [0.25, 0.3) is 22.3 Å². The van der Waals surface area contributed by atoms with E-state index in [0.29, 0.717) is 5.56 Å². The van der Waals surface area contributed by atoms with Crippen molar-refractivity contribution in [2.75, 3.05) is 7.11 Å². The third kappa shape index (κ3) is 3.56. The van der Waals surface area contributed by atoms with E-state index in [0.717, 1.165) is 0 Å². The Balaban J connectivity index is 1.83. The number of hydrogen-bond donors (Lipinski definition) is 5. The van der Waals surface area contributed by atoms with Crippen molar-refractivity contribution in [1.29, 1.82) is 0 Å². The van der Waals surface area contributed by atoms with Crippen LogP contribution in [0.1, 0.15) is 25.0 Å². The molecule has 0 bridgehead atoms. The van der Waals surface area contributed by atoms with Gasteiger partial charge in [-0.2, -0.15) is 0 Å². The molecule has 1 fully saturated rings. The lowest BCUT2D eigenvalue weighted by Gasteiger charge is -2.36. The van der Waals surface area contributed by atoms with E-state index in [4.69, 9.17) is 13.9 Å². The highest BCUT2D eigenvalue weighted by Gasteiger charge is 2.37. The molecule has 1 saturated heterocycles. The highest BCUT2D eigenvalue weighted by atomic mass is 16.5. The summed E-state index contributed by atoms with van der Waals surface area (Å²) in [5.74, 6) is -0.647. The summed E-state index contributed by atoms with van der Waals surface area (Å²) in [6.07, 6.45) is -3.97. The first-order valence-corrected chi connectivity index (χ1v) is 9.63. The van der Waals surface area contributed by atoms with Crippen LogP contribution in [0.15, 0.2) is 39.5 Å². The third-order valence-corrected chi connectivity index (χ3v) is 5.51. The molecule has 2 aromatic carbocycles. The second-order valence-corrected chi connectivity index (χ2v) is 7.52. The van der Waals surface area contributed by atoms with E-state index < -0.39 is 35.6 Å². The Hall–Kier alpha value is -3.27. The Bertz CT molecular complexity index is 1190. The fraction of sp³-hybridized carbons (Fsp3) is 0.318. The molecular formula is C22H22O9. The summed E-state index contributed by atoms with van der Waals surface area (Å²) in [6.45, 7) is 1.56.